The minimum absolute atomic E-state index is 0.231. The van der Waals surface area contributed by atoms with Crippen LogP contribution >= 0.6 is 0 Å². The molecule has 0 aliphatic carbocycles. The van der Waals surface area contributed by atoms with Crippen LogP contribution < -0.4 is 0 Å². The highest BCUT2D eigenvalue weighted by Crippen LogP contribution is 2.26. The summed E-state index contributed by atoms with van der Waals surface area (Å²) in [5.74, 6) is 2.44. The van der Waals surface area contributed by atoms with Gasteiger partial charge in [0.1, 0.15) is 11.6 Å². The van der Waals surface area contributed by atoms with Gasteiger partial charge >= 0.3 is 0 Å². The van der Waals surface area contributed by atoms with Crippen LogP contribution in [-0.4, -0.2) is 50.8 Å². The lowest BCUT2D eigenvalue weighted by atomic mass is 9.94. The van der Waals surface area contributed by atoms with Crippen LogP contribution in [0, 0.1) is 0 Å². The van der Waals surface area contributed by atoms with Crippen molar-refractivity contribution in [3.8, 4) is 5.82 Å². The third-order valence-electron chi connectivity index (χ3n) is 4.38. The van der Waals surface area contributed by atoms with Crippen LogP contribution in [-0.2, 0) is 6.42 Å². The fourth-order valence-electron chi connectivity index (χ4n) is 3.25. The summed E-state index contributed by atoms with van der Waals surface area (Å²) in [5, 5.41) is 9.13. The largest absolute Gasteiger partial charge is 0.395 e. The number of aromatic nitrogens is 3. The second kappa shape index (κ2) is 7.03. The lowest BCUT2D eigenvalue weighted by Gasteiger charge is -2.32. The first-order chi connectivity index (χ1) is 10.8. The van der Waals surface area contributed by atoms with E-state index in [9.17, 15) is 0 Å². The van der Waals surface area contributed by atoms with E-state index in [-0.39, 0.29) is 6.61 Å². The predicted molar refractivity (Wildman–Crippen MR) is 86.2 cm³/mol. The topological polar surface area (TPSA) is 54.2 Å². The van der Waals surface area contributed by atoms with Crippen LogP contribution in [0.5, 0.6) is 0 Å². The third kappa shape index (κ3) is 3.20. The number of nitrogens with zero attached hydrogens (tertiary/aromatic N) is 4. The van der Waals surface area contributed by atoms with Crippen molar-refractivity contribution in [3.63, 3.8) is 0 Å². The fraction of sp³-hybridized carbons (Fsp3) is 0.529. The Morgan fingerprint density at radius 1 is 1.36 bits per heavy atom. The van der Waals surface area contributed by atoms with Crippen molar-refractivity contribution >= 4 is 0 Å². The molecular weight excluding hydrogens is 276 g/mol. The van der Waals surface area contributed by atoms with Crippen molar-refractivity contribution in [2.45, 2.75) is 32.1 Å². The molecule has 0 saturated carbocycles. The van der Waals surface area contributed by atoms with Crippen molar-refractivity contribution in [3.05, 3.63) is 42.1 Å². The van der Waals surface area contributed by atoms with E-state index in [0.717, 1.165) is 43.4 Å². The van der Waals surface area contributed by atoms with E-state index >= 15 is 0 Å². The van der Waals surface area contributed by atoms with Gasteiger partial charge in [-0.05, 0) is 31.5 Å². The summed E-state index contributed by atoms with van der Waals surface area (Å²) in [7, 11) is 0. The number of β-amino-alcohol motifs (C(OH)–C–C–N with tert-alkyl or cyclic N) is 1. The molecule has 2 aromatic heterocycles. The lowest BCUT2D eigenvalue weighted by molar-refractivity contribution is 0.160. The number of piperidine rings is 1. The van der Waals surface area contributed by atoms with Gasteiger partial charge in [-0.25, -0.2) is 9.97 Å². The molecule has 0 amide bonds. The Hall–Kier alpha value is -1.72. The Kier molecular flexibility index (Phi) is 4.85. The van der Waals surface area contributed by atoms with Gasteiger partial charge in [0.25, 0.3) is 0 Å². The van der Waals surface area contributed by atoms with E-state index in [1.165, 1.54) is 12.8 Å². The average molecular weight is 300 g/mol. The maximum Gasteiger partial charge on any atom is 0.138 e. The SMILES string of the molecule is CCc1nccn1-c1cccc([C@H]2CCCN(CCO)C2)n1. The van der Waals surface area contributed by atoms with Crippen LogP contribution in [0.15, 0.2) is 30.6 Å². The Morgan fingerprint density at radius 3 is 3.09 bits per heavy atom. The summed E-state index contributed by atoms with van der Waals surface area (Å²) in [6, 6.07) is 6.25. The highest BCUT2D eigenvalue weighted by molar-refractivity contribution is 5.28. The average Bonchev–Trinajstić information content (AvgIpc) is 3.04. The van der Waals surface area contributed by atoms with E-state index in [1.807, 2.05) is 18.5 Å². The number of hydrogen-bond donors (Lipinski definition) is 1. The molecule has 1 saturated heterocycles. The summed E-state index contributed by atoms with van der Waals surface area (Å²) < 4.78 is 2.07. The van der Waals surface area contributed by atoms with Crippen molar-refractivity contribution in [1.82, 2.24) is 19.4 Å². The zero-order valence-electron chi connectivity index (χ0n) is 13.1. The first kappa shape index (κ1) is 15.2. The number of aryl methyl sites for hydroxylation is 1. The fourth-order valence-corrected chi connectivity index (χ4v) is 3.25. The van der Waals surface area contributed by atoms with Gasteiger partial charge in [0.2, 0.25) is 0 Å². The van der Waals surface area contributed by atoms with E-state index in [2.05, 4.69) is 33.5 Å². The van der Waals surface area contributed by atoms with E-state index in [4.69, 9.17) is 10.1 Å². The van der Waals surface area contributed by atoms with Crippen LogP contribution in [0.4, 0.5) is 0 Å². The molecule has 22 heavy (non-hydrogen) atoms. The van der Waals surface area contributed by atoms with Crippen molar-refractivity contribution in [1.29, 1.82) is 0 Å². The molecule has 1 N–H and O–H groups in total. The molecule has 118 valence electrons. The molecule has 1 fully saturated rings. The van der Waals surface area contributed by atoms with E-state index in [0.29, 0.717) is 5.92 Å². The molecule has 0 aromatic carbocycles. The van der Waals surface area contributed by atoms with Crippen molar-refractivity contribution in [2.24, 2.45) is 0 Å². The van der Waals surface area contributed by atoms with Gasteiger partial charge in [0, 0.05) is 43.5 Å². The molecular formula is C17H24N4O. The van der Waals surface area contributed by atoms with Gasteiger partial charge in [-0.1, -0.05) is 13.0 Å². The summed E-state index contributed by atoms with van der Waals surface area (Å²) in [4.78, 5) is 11.6. The molecule has 5 nitrogen and oxygen atoms in total. The highest BCUT2D eigenvalue weighted by atomic mass is 16.3. The Bertz CT molecular complexity index is 608. The molecule has 3 heterocycles. The summed E-state index contributed by atoms with van der Waals surface area (Å²) in [5.41, 5.74) is 1.15. The zero-order chi connectivity index (χ0) is 15.4. The van der Waals surface area contributed by atoms with Gasteiger partial charge < -0.3 is 10.0 Å². The summed E-state index contributed by atoms with van der Waals surface area (Å²) >= 11 is 0. The number of rotatable bonds is 5. The number of aliphatic hydroxyl groups is 1. The highest BCUT2D eigenvalue weighted by Gasteiger charge is 2.22. The smallest absolute Gasteiger partial charge is 0.138 e. The second-order valence-corrected chi connectivity index (χ2v) is 5.85. The number of hydrogen-bond acceptors (Lipinski definition) is 4. The molecule has 5 heteroatoms. The quantitative estimate of drug-likeness (QED) is 0.917. The van der Waals surface area contributed by atoms with Gasteiger partial charge in [0.15, 0.2) is 0 Å². The Balaban J connectivity index is 1.82. The van der Waals surface area contributed by atoms with E-state index < -0.39 is 0 Å². The molecule has 1 aliphatic heterocycles. The molecule has 0 bridgehead atoms. The van der Waals surface area contributed by atoms with Gasteiger partial charge in [-0.3, -0.25) is 4.57 Å². The van der Waals surface area contributed by atoms with Gasteiger partial charge in [0.05, 0.1) is 6.61 Å². The van der Waals surface area contributed by atoms with Crippen molar-refractivity contribution < 1.29 is 5.11 Å². The maximum absolute atomic E-state index is 9.13. The Morgan fingerprint density at radius 2 is 2.27 bits per heavy atom. The molecule has 3 rings (SSSR count). The number of likely N-dealkylation sites (tertiary alicyclic amines) is 1. The molecule has 0 spiro atoms. The minimum Gasteiger partial charge on any atom is -0.395 e. The van der Waals surface area contributed by atoms with Gasteiger partial charge in [-0.15, -0.1) is 0 Å². The Labute approximate surface area is 131 Å². The number of aliphatic hydroxyl groups excluding tert-OH is 1. The normalized spacial score (nSPS) is 19.5. The molecule has 0 unspecified atom stereocenters. The second-order valence-electron chi connectivity index (χ2n) is 5.85. The van der Waals surface area contributed by atoms with Crippen LogP contribution in [0.25, 0.3) is 5.82 Å². The number of imidazole rings is 1. The number of pyridine rings is 1. The monoisotopic (exact) mass is 300 g/mol. The minimum atomic E-state index is 0.231. The van der Waals surface area contributed by atoms with Crippen LogP contribution in [0.2, 0.25) is 0 Å². The standard InChI is InChI=1S/C17H24N4O/c1-2-16-18-8-10-21(16)17-7-3-6-15(19-17)14-5-4-9-20(13-14)11-12-22/h3,6-8,10,14,22H,2,4-5,9,11-13H2,1H3/t14-/m0/s1. The summed E-state index contributed by atoms with van der Waals surface area (Å²) in [6.07, 6.45) is 7.04. The van der Waals surface area contributed by atoms with Crippen LogP contribution in [0.1, 0.15) is 37.2 Å². The van der Waals surface area contributed by atoms with Crippen LogP contribution in [0.3, 0.4) is 0 Å². The van der Waals surface area contributed by atoms with Gasteiger partial charge in [-0.2, -0.15) is 0 Å². The molecule has 1 aliphatic rings. The van der Waals surface area contributed by atoms with Crippen molar-refractivity contribution in [2.75, 3.05) is 26.2 Å². The first-order valence-electron chi connectivity index (χ1n) is 8.14. The molecule has 1 atom stereocenters. The first-order valence-corrected chi connectivity index (χ1v) is 8.14. The third-order valence-corrected chi connectivity index (χ3v) is 4.38. The lowest BCUT2D eigenvalue weighted by Crippen LogP contribution is -2.36. The predicted octanol–water partition coefficient (Wildman–Crippen LogP) is 2.00. The zero-order valence-corrected chi connectivity index (χ0v) is 13.1. The molecule has 0 radical (unpaired) electrons. The summed E-state index contributed by atoms with van der Waals surface area (Å²) in [6.45, 7) is 5.17. The maximum atomic E-state index is 9.13. The molecule has 2 aromatic rings. The van der Waals surface area contributed by atoms with E-state index in [1.54, 1.807) is 0 Å².